The van der Waals surface area contributed by atoms with Gasteiger partial charge in [0.1, 0.15) is 5.78 Å². The molecule has 0 aromatic carbocycles. The number of ether oxygens (including phenoxy) is 1. The molecule has 2 rings (SSSR count). The Hall–Kier alpha value is -1.51. The first-order valence-electron chi connectivity index (χ1n) is 5.93. The first-order chi connectivity index (χ1) is 8.19. The van der Waals surface area contributed by atoms with Gasteiger partial charge in [-0.2, -0.15) is 5.26 Å². The van der Waals surface area contributed by atoms with Crippen molar-refractivity contribution in [3.05, 3.63) is 0 Å². The fourth-order valence-electron chi connectivity index (χ4n) is 3.10. The molecule has 2 fully saturated rings. The first kappa shape index (κ1) is 12.0. The standard InChI is InChI=1S/C11H14BNO4/c1-2-16-11(15)10-7-3-4-9(14)8(7)5-12(10)17-6-13/h7-8,10H,2-5H2,1H3/t7-,8-,10-/m0/s1. The fraction of sp³-hybridized carbons (Fsp3) is 0.727. The molecule has 1 saturated heterocycles. The number of rotatable bonds is 3. The number of esters is 1. The van der Waals surface area contributed by atoms with Gasteiger partial charge in [-0.15, -0.1) is 0 Å². The summed E-state index contributed by atoms with van der Waals surface area (Å²) in [6.07, 6.45) is 3.33. The molecule has 1 aliphatic heterocycles. The smallest absolute Gasteiger partial charge is 0.388 e. The Morgan fingerprint density at radius 1 is 1.65 bits per heavy atom. The average Bonchev–Trinajstić information content (AvgIpc) is 2.80. The van der Waals surface area contributed by atoms with Crippen molar-refractivity contribution in [3.63, 3.8) is 0 Å². The number of hydrogen-bond acceptors (Lipinski definition) is 5. The van der Waals surface area contributed by atoms with E-state index in [9.17, 15) is 9.59 Å². The van der Waals surface area contributed by atoms with Crippen molar-refractivity contribution >= 4 is 18.7 Å². The maximum atomic E-state index is 11.9. The first-order valence-corrected chi connectivity index (χ1v) is 5.93. The number of Topliss-reactive ketones (excluding diaryl/α,β-unsaturated/α-hetero) is 1. The highest BCUT2D eigenvalue weighted by Crippen LogP contribution is 2.49. The summed E-state index contributed by atoms with van der Waals surface area (Å²) in [6, 6.07) is 0. The minimum atomic E-state index is -0.488. The Balaban J connectivity index is 2.16. The molecule has 6 heteroatoms. The Bertz CT molecular complexity index is 378. The molecule has 3 atom stereocenters. The third-order valence-electron chi connectivity index (χ3n) is 3.77. The topological polar surface area (TPSA) is 76.4 Å². The monoisotopic (exact) mass is 235 g/mol. The molecule has 1 heterocycles. The highest BCUT2D eigenvalue weighted by atomic mass is 16.5. The van der Waals surface area contributed by atoms with Gasteiger partial charge in [-0.05, 0) is 25.6 Å². The van der Waals surface area contributed by atoms with E-state index in [1.165, 1.54) is 0 Å². The molecular formula is C11H14BNO4. The second-order valence-electron chi connectivity index (χ2n) is 4.54. The van der Waals surface area contributed by atoms with Gasteiger partial charge in [0, 0.05) is 12.3 Å². The van der Waals surface area contributed by atoms with Crippen LogP contribution in [0.15, 0.2) is 0 Å². The van der Waals surface area contributed by atoms with Crippen molar-refractivity contribution in [1.29, 1.82) is 5.26 Å². The molecule has 0 bridgehead atoms. The Labute approximate surface area is 100 Å². The largest absolute Gasteiger partial charge is 0.497 e. The van der Waals surface area contributed by atoms with Gasteiger partial charge in [-0.25, -0.2) is 0 Å². The lowest BCUT2D eigenvalue weighted by Crippen LogP contribution is -2.29. The van der Waals surface area contributed by atoms with Crippen LogP contribution in [0.4, 0.5) is 0 Å². The van der Waals surface area contributed by atoms with E-state index in [0.717, 1.165) is 0 Å². The van der Waals surface area contributed by atoms with Gasteiger partial charge in [-0.1, -0.05) is 0 Å². The van der Waals surface area contributed by atoms with Crippen LogP contribution in [-0.4, -0.2) is 25.3 Å². The van der Waals surface area contributed by atoms with Crippen LogP contribution in [0.2, 0.25) is 12.1 Å². The number of nitriles is 1. The van der Waals surface area contributed by atoms with E-state index < -0.39 is 12.7 Å². The molecular weight excluding hydrogens is 221 g/mol. The minimum absolute atomic E-state index is 0.0000926. The van der Waals surface area contributed by atoms with Crippen molar-refractivity contribution in [1.82, 2.24) is 0 Å². The van der Waals surface area contributed by atoms with E-state index in [1.54, 1.807) is 13.2 Å². The fourth-order valence-corrected chi connectivity index (χ4v) is 3.10. The molecule has 0 spiro atoms. The number of ketones is 1. The third kappa shape index (κ3) is 2.02. The Kier molecular flexibility index (Phi) is 3.37. The summed E-state index contributed by atoms with van der Waals surface area (Å²) >= 11 is 0. The molecule has 2 aliphatic rings. The van der Waals surface area contributed by atoms with E-state index >= 15 is 0 Å². The minimum Gasteiger partial charge on any atom is -0.497 e. The third-order valence-corrected chi connectivity index (χ3v) is 3.77. The zero-order valence-corrected chi connectivity index (χ0v) is 9.72. The highest BCUT2D eigenvalue weighted by molar-refractivity contribution is 6.60. The molecule has 0 amide bonds. The molecule has 0 aromatic heterocycles. The summed E-state index contributed by atoms with van der Waals surface area (Å²) in [4.78, 5) is 23.5. The van der Waals surface area contributed by atoms with Gasteiger partial charge in [0.05, 0.1) is 12.4 Å². The van der Waals surface area contributed by atoms with E-state index in [1.807, 2.05) is 0 Å². The molecule has 0 radical (unpaired) electrons. The van der Waals surface area contributed by atoms with Crippen LogP contribution in [0.3, 0.4) is 0 Å². The number of fused-ring (bicyclic) bond motifs is 1. The van der Waals surface area contributed by atoms with Crippen LogP contribution in [0.1, 0.15) is 19.8 Å². The maximum Gasteiger partial charge on any atom is 0.388 e. The van der Waals surface area contributed by atoms with E-state index in [2.05, 4.69) is 0 Å². The summed E-state index contributed by atoms with van der Waals surface area (Å²) < 4.78 is 9.93. The van der Waals surface area contributed by atoms with Gasteiger partial charge >= 0.3 is 12.9 Å². The molecule has 90 valence electrons. The quantitative estimate of drug-likeness (QED) is 0.414. The van der Waals surface area contributed by atoms with Gasteiger partial charge in [0.15, 0.2) is 0 Å². The second kappa shape index (κ2) is 4.78. The SMILES string of the molecule is CCOC(=O)[C@H]1B(OC#N)C[C@@H]2C(=O)CC[C@@H]21. The van der Waals surface area contributed by atoms with Gasteiger partial charge < -0.3 is 9.39 Å². The summed E-state index contributed by atoms with van der Waals surface area (Å²) in [6.45, 7) is 1.56. The van der Waals surface area contributed by atoms with Crippen LogP contribution < -0.4 is 0 Å². The summed E-state index contributed by atoms with van der Waals surface area (Å²) in [5, 5.41) is 8.58. The molecule has 0 N–H and O–H groups in total. The summed E-state index contributed by atoms with van der Waals surface area (Å²) in [5.41, 5.74) is 0. The van der Waals surface area contributed by atoms with Crippen LogP contribution in [0.5, 0.6) is 0 Å². The van der Waals surface area contributed by atoms with Crippen molar-refractivity contribution in [3.8, 4) is 6.26 Å². The number of carbonyl (C=O) groups excluding carboxylic acids is 2. The molecule has 0 aromatic rings. The molecule has 0 unspecified atom stereocenters. The zero-order valence-electron chi connectivity index (χ0n) is 9.72. The molecule has 1 saturated carbocycles. The van der Waals surface area contributed by atoms with E-state index in [4.69, 9.17) is 14.7 Å². The lowest BCUT2D eigenvalue weighted by molar-refractivity contribution is -0.144. The van der Waals surface area contributed by atoms with Crippen LogP contribution in [-0.2, 0) is 19.0 Å². The number of carbonyl (C=O) groups is 2. The van der Waals surface area contributed by atoms with Crippen LogP contribution in [0, 0.1) is 23.4 Å². The maximum absolute atomic E-state index is 11.9. The lowest BCUT2D eigenvalue weighted by atomic mass is 9.56. The molecule has 1 aliphatic carbocycles. The second-order valence-corrected chi connectivity index (χ2v) is 4.54. The predicted molar refractivity (Wildman–Crippen MR) is 58.9 cm³/mol. The van der Waals surface area contributed by atoms with Crippen LogP contribution >= 0.6 is 0 Å². The molecule has 17 heavy (non-hydrogen) atoms. The highest BCUT2D eigenvalue weighted by Gasteiger charge is 2.57. The molecule has 5 nitrogen and oxygen atoms in total. The predicted octanol–water partition coefficient (Wildman–Crippen LogP) is 1.02. The van der Waals surface area contributed by atoms with Gasteiger partial charge in [0.2, 0.25) is 0 Å². The average molecular weight is 235 g/mol. The van der Waals surface area contributed by atoms with Crippen LogP contribution in [0.25, 0.3) is 0 Å². The van der Waals surface area contributed by atoms with Crippen molar-refractivity contribution in [2.75, 3.05) is 6.61 Å². The summed E-state index contributed by atoms with van der Waals surface area (Å²) in [5.74, 6) is -0.725. The summed E-state index contributed by atoms with van der Waals surface area (Å²) in [7, 11) is 0. The van der Waals surface area contributed by atoms with E-state index in [-0.39, 0.29) is 23.6 Å². The number of nitrogens with zero attached hydrogens (tertiary/aromatic N) is 1. The van der Waals surface area contributed by atoms with Gasteiger partial charge in [0.25, 0.3) is 6.26 Å². The van der Waals surface area contributed by atoms with Crippen molar-refractivity contribution < 1.29 is 19.0 Å². The van der Waals surface area contributed by atoms with Crippen molar-refractivity contribution in [2.24, 2.45) is 11.8 Å². The normalized spacial score (nSPS) is 30.9. The zero-order chi connectivity index (χ0) is 12.4. The van der Waals surface area contributed by atoms with Gasteiger partial charge in [-0.3, -0.25) is 9.59 Å². The van der Waals surface area contributed by atoms with Crippen molar-refractivity contribution in [2.45, 2.75) is 31.9 Å². The number of hydrogen-bond donors (Lipinski definition) is 0. The Morgan fingerprint density at radius 2 is 2.41 bits per heavy atom. The van der Waals surface area contributed by atoms with E-state index in [0.29, 0.717) is 25.8 Å². The lowest BCUT2D eigenvalue weighted by Gasteiger charge is -2.17. The Morgan fingerprint density at radius 3 is 3.06 bits per heavy atom.